The third-order valence-corrected chi connectivity index (χ3v) is 3.00. The molecule has 2 aromatic rings. The van der Waals surface area contributed by atoms with Crippen LogP contribution in [0.5, 0.6) is 0 Å². The van der Waals surface area contributed by atoms with Gasteiger partial charge in [0.05, 0.1) is 6.54 Å². The molecule has 1 heterocycles. The topological polar surface area (TPSA) is 89.3 Å². The van der Waals surface area contributed by atoms with E-state index < -0.39 is 0 Å². The average Bonchev–Trinajstić information content (AvgIpc) is 2.84. The standard InChI is InChI=1S/C15H21N5O/c1-10(2)12-5-4-6-13(9-12)19-15(16)17-8-7-14-18-11(3)20-21-14/h4-6,9-10H,7-8H2,1-3H3,(H3,16,17,19). The van der Waals surface area contributed by atoms with E-state index in [0.29, 0.717) is 36.6 Å². The maximum Gasteiger partial charge on any atom is 0.228 e. The highest BCUT2D eigenvalue weighted by Crippen LogP contribution is 2.18. The lowest BCUT2D eigenvalue weighted by atomic mass is 10.0. The van der Waals surface area contributed by atoms with E-state index in [1.54, 1.807) is 6.92 Å². The fourth-order valence-corrected chi connectivity index (χ4v) is 1.88. The number of nitrogens with zero attached hydrogens (tertiary/aromatic N) is 3. The summed E-state index contributed by atoms with van der Waals surface area (Å²) in [5.74, 6) is 2.06. The maximum atomic E-state index is 5.87. The van der Waals surface area contributed by atoms with Gasteiger partial charge in [-0.25, -0.2) is 0 Å². The minimum atomic E-state index is 0.382. The number of anilines is 1. The van der Waals surface area contributed by atoms with Crippen LogP contribution in [0.4, 0.5) is 5.69 Å². The maximum absolute atomic E-state index is 5.87. The van der Waals surface area contributed by atoms with E-state index >= 15 is 0 Å². The SMILES string of the molecule is Cc1noc(CCN=C(N)Nc2cccc(C(C)C)c2)n1. The molecule has 0 atom stereocenters. The van der Waals surface area contributed by atoms with Crippen molar-refractivity contribution in [1.82, 2.24) is 10.1 Å². The monoisotopic (exact) mass is 287 g/mol. The van der Waals surface area contributed by atoms with Crippen LogP contribution in [0, 0.1) is 6.92 Å². The first-order valence-electron chi connectivity index (χ1n) is 7.00. The van der Waals surface area contributed by atoms with Gasteiger partial charge in [0.15, 0.2) is 11.8 Å². The molecule has 0 spiro atoms. The van der Waals surface area contributed by atoms with Gasteiger partial charge in [0.2, 0.25) is 5.89 Å². The Bertz CT molecular complexity index is 618. The number of aromatic nitrogens is 2. The summed E-state index contributed by atoms with van der Waals surface area (Å²) in [6, 6.07) is 8.15. The molecule has 0 saturated heterocycles. The van der Waals surface area contributed by atoms with Gasteiger partial charge in [-0.1, -0.05) is 31.1 Å². The van der Waals surface area contributed by atoms with Gasteiger partial charge < -0.3 is 15.6 Å². The Morgan fingerprint density at radius 2 is 2.24 bits per heavy atom. The van der Waals surface area contributed by atoms with Crippen molar-refractivity contribution in [1.29, 1.82) is 0 Å². The number of hydrogen-bond donors (Lipinski definition) is 2. The fourth-order valence-electron chi connectivity index (χ4n) is 1.88. The minimum absolute atomic E-state index is 0.382. The number of nitrogens with two attached hydrogens (primary N) is 1. The fraction of sp³-hybridized carbons (Fsp3) is 0.400. The van der Waals surface area contributed by atoms with Gasteiger partial charge in [0.25, 0.3) is 0 Å². The zero-order valence-electron chi connectivity index (χ0n) is 12.6. The van der Waals surface area contributed by atoms with Crippen LogP contribution in [0.15, 0.2) is 33.8 Å². The molecule has 1 aromatic carbocycles. The summed E-state index contributed by atoms with van der Waals surface area (Å²) in [6.45, 7) is 6.60. The first-order valence-corrected chi connectivity index (χ1v) is 7.00. The Labute approximate surface area is 124 Å². The summed E-state index contributed by atoms with van der Waals surface area (Å²) in [7, 11) is 0. The van der Waals surface area contributed by atoms with Crippen LogP contribution >= 0.6 is 0 Å². The Kier molecular flexibility index (Phi) is 4.92. The molecule has 0 aliphatic rings. The normalized spacial score (nSPS) is 11.9. The summed E-state index contributed by atoms with van der Waals surface area (Å²) in [4.78, 5) is 8.37. The number of rotatable bonds is 5. The van der Waals surface area contributed by atoms with Crippen molar-refractivity contribution in [3.8, 4) is 0 Å². The number of hydrogen-bond acceptors (Lipinski definition) is 4. The summed E-state index contributed by atoms with van der Waals surface area (Å²) >= 11 is 0. The highest BCUT2D eigenvalue weighted by Gasteiger charge is 2.03. The molecule has 6 nitrogen and oxygen atoms in total. The highest BCUT2D eigenvalue weighted by atomic mass is 16.5. The molecule has 0 unspecified atom stereocenters. The molecule has 112 valence electrons. The number of aryl methyl sites for hydroxylation is 1. The van der Waals surface area contributed by atoms with E-state index in [9.17, 15) is 0 Å². The lowest BCUT2D eigenvalue weighted by Crippen LogP contribution is -2.23. The predicted octanol–water partition coefficient (Wildman–Crippen LogP) is 2.47. The van der Waals surface area contributed by atoms with E-state index in [1.165, 1.54) is 5.56 Å². The van der Waals surface area contributed by atoms with Gasteiger partial charge in [-0.05, 0) is 30.5 Å². The smallest absolute Gasteiger partial charge is 0.228 e. The van der Waals surface area contributed by atoms with Crippen molar-refractivity contribution in [3.05, 3.63) is 41.5 Å². The zero-order chi connectivity index (χ0) is 15.2. The molecule has 3 N–H and O–H groups in total. The van der Waals surface area contributed by atoms with Crippen molar-refractivity contribution in [2.75, 3.05) is 11.9 Å². The molecule has 6 heteroatoms. The van der Waals surface area contributed by atoms with Crippen molar-refractivity contribution in [3.63, 3.8) is 0 Å². The van der Waals surface area contributed by atoms with Crippen LogP contribution in [-0.4, -0.2) is 22.6 Å². The molecule has 0 saturated carbocycles. The zero-order valence-corrected chi connectivity index (χ0v) is 12.6. The second-order valence-electron chi connectivity index (χ2n) is 5.16. The molecule has 0 bridgehead atoms. The van der Waals surface area contributed by atoms with Crippen molar-refractivity contribution in [2.45, 2.75) is 33.1 Å². The third kappa shape index (κ3) is 4.59. The molecular formula is C15H21N5O. The molecule has 1 aromatic heterocycles. The Morgan fingerprint density at radius 3 is 2.90 bits per heavy atom. The van der Waals surface area contributed by atoms with Crippen molar-refractivity contribution in [2.24, 2.45) is 10.7 Å². The van der Waals surface area contributed by atoms with Crippen LogP contribution in [-0.2, 0) is 6.42 Å². The van der Waals surface area contributed by atoms with Gasteiger partial charge >= 0.3 is 0 Å². The first kappa shape index (κ1) is 15.0. The second-order valence-corrected chi connectivity index (χ2v) is 5.16. The van der Waals surface area contributed by atoms with Gasteiger partial charge in [-0.15, -0.1) is 0 Å². The summed E-state index contributed by atoms with van der Waals surface area (Å²) in [5, 5.41) is 6.82. The Balaban J connectivity index is 1.89. The van der Waals surface area contributed by atoms with E-state index in [0.717, 1.165) is 5.69 Å². The summed E-state index contributed by atoms with van der Waals surface area (Å²) in [5.41, 5.74) is 8.07. The third-order valence-electron chi connectivity index (χ3n) is 3.00. The molecule has 0 amide bonds. The largest absolute Gasteiger partial charge is 0.370 e. The molecule has 21 heavy (non-hydrogen) atoms. The number of guanidine groups is 1. The number of nitrogens with one attached hydrogen (secondary N) is 1. The second kappa shape index (κ2) is 6.88. The van der Waals surface area contributed by atoms with Crippen LogP contribution in [0.3, 0.4) is 0 Å². The number of aliphatic imine (C=N–C) groups is 1. The van der Waals surface area contributed by atoms with E-state index in [2.05, 4.69) is 46.4 Å². The molecule has 0 radical (unpaired) electrons. The van der Waals surface area contributed by atoms with Gasteiger partial charge in [-0.3, -0.25) is 4.99 Å². The molecule has 0 aliphatic heterocycles. The summed E-state index contributed by atoms with van der Waals surface area (Å²) in [6.07, 6.45) is 0.579. The molecule has 0 fully saturated rings. The van der Waals surface area contributed by atoms with Crippen LogP contribution in [0.1, 0.15) is 37.0 Å². The molecule has 0 aliphatic carbocycles. The lowest BCUT2D eigenvalue weighted by Gasteiger charge is -2.09. The van der Waals surface area contributed by atoms with Crippen LogP contribution in [0.2, 0.25) is 0 Å². The quantitative estimate of drug-likeness (QED) is 0.651. The van der Waals surface area contributed by atoms with Gasteiger partial charge in [-0.2, -0.15) is 4.98 Å². The van der Waals surface area contributed by atoms with E-state index in [1.807, 2.05) is 12.1 Å². The van der Waals surface area contributed by atoms with Crippen LogP contribution < -0.4 is 11.1 Å². The van der Waals surface area contributed by atoms with E-state index in [4.69, 9.17) is 10.3 Å². The van der Waals surface area contributed by atoms with Crippen molar-refractivity contribution < 1.29 is 4.52 Å². The lowest BCUT2D eigenvalue weighted by molar-refractivity contribution is 0.376. The highest BCUT2D eigenvalue weighted by molar-refractivity contribution is 5.92. The van der Waals surface area contributed by atoms with Gasteiger partial charge in [0.1, 0.15) is 0 Å². The van der Waals surface area contributed by atoms with E-state index in [-0.39, 0.29) is 0 Å². The number of benzene rings is 1. The predicted molar refractivity (Wildman–Crippen MR) is 83.4 cm³/mol. The van der Waals surface area contributed by atoms with Crippen molar-refractivity contribution >= 4 is 11.6 Å². The van der Waals surface area contributed by atoms with Crippen LogP contribution in [0.25, 0.3) is 0 Å². The molecule has 2 rings (SSSR count). The van der Waals surface area contributed by atoms with Gasteiger partial charge in [0, 0.05) is 12.1 Å². The first-order chi connectivity index (χ1) is 10.0. The Morgan fingerprint density at radius 1 is 1.43 bits per heavy atom. The minimum Gasteiger partial charge on any atom is -0.370 e. The molecular weight excluding hydrogens is 266 g/mol. The summed E-state index contributed by atoms with van der Waals surface area (Å²) < 4.78 is 5.01. The Hall–Kier alpha value is -2.37. The average molecular weight is 287 g/mol.